The average Bonchev–Trinajstić information content (AvgIpc) is 2.21. The molecule has 2 heterocycles. The Kier molecular flexibility index (Phi) is 0.746. The maximum absolute atomic E-state index is 5.48. The van der Waals surface area contributed by atoms with Gasteiger partial charge in [-0.2, -0.15) is 0 Å². The normalized spacial score (nSPS) is 52.9. The van der Waals surface area contributed by atoms with Gasteiger partial charge in [0.1, 0.15) is 0 Å². The van der Waals surface area contributed by atoms with Crippen LogP contribution in [0.15, 0.2) is 0 Å². The van der Waals surface area contributed by atoms with E-state index in [4.69, 9.17) is 4.74 Å². The zero-order valence-corrected chi connectivity index (χ0v) is 5.11. The fourth-order valence-corrected chi connectivity index (χ4v) is 1.56. The van der Waals surface area contributed by atoms with Crippen molar-refractivity contribution < 1.29 is 4.74 Å². The van der Waals surface area contributed by atoms with Crippen LogP contribution < -0.4 is 5.32 Å². The summed E-state index contributed by atoms with van der Waals surface area (Å²) in [6.07, 6.45) is 1.22. The summed E-state index contributed by atoms with van der Waals surface area (Å²) in [5, 5.41) is 3.37. The molecule has 0 spiro atoms. The molecule has 2 aliphatic heterocycles. The van der Waals surface area contributed by atoms with Gasteiger partial charge in [0.15, 0.2) is 0 Å². The maximum Gasteiger partial charge on any atom is 0.0794 e. The van der Waals surface area contributed by atoms with E-state index in [9.17, 15) is 0 Å². The highest BCUT2D eigenvalue weighted by Gasteiger charge is 2.41. The van der Waals surface area contributed by atoms with Crippen LogP contribution in [0.3, 0.4) is 0 Å². The van der Waals surface area contributed by atoms with Crippen molar-refractivity contribution in [3.8, 4) is 0 Å². The molecule has 0 amide bonds. The summed E-state index contributed by atoms with van der Waals surface area (Å²) in [4.78, 5) is 0. The van der Waals surface area contributed by atoms with E-state index in [1.54, 1.807) is 0 Å². The second kappa shape index (κ2) is 1.25. The molecule has 46 valence electrons. The molecule has 2 heteroatoms. The predicted molar refractivity (Wildman–Crippen MR) is 30.8 cm³/mol. The van der Waals surface area contributed by atoms with Crippen molar-refractivity contribution in [2.45, 2.75) is 25.0 Å². The first kappa shape index (κ1) is 4.77. The lowest BCUT2D eigenvalue weighted by Crippen LogP contribution is -2.36. The minimum Gasteiger partial charge on any atom is -0.372 e. The summed E-state index contributed by atoms with van der Waals surface area (Å²) in [7, 11) is 0. The summed E-state index contributed by atoms with van der Waals surface area (Å²) in [6.45, 7) is 4.15. The third-order valence-corrected chi connectivity index (χ3v) is 2.08. The Hall–Kier alpha value is -0.0800. The molecule has 0 aromatic heterocycles. The second-order valence-electron chi connectivity index (χ2n) is 3.04. The average molecular weight is 113 g/mol. The second-order valence-corrected chi connectivity index (χ2v) is 3.04. The van der Waals surface area contributed by atoms with Gasteiger partial charge in [-0.1, -0.05) is 0 Å². The van der Waals surface area contributed by atoms with Crippen LogP contribution in [-0.2, 0) is 4.74 Å². The molecule has 0 aliphatic carbocycles. The van der Waals surface area contributed by atoms with Gasteiger partial charge >= 0.3 is 0 Å². The molecular weight excluding hydrogens is 102 g/mol. The molecule has 2 aliphatic rings. The van der Waals surface area contributed by atoms with Crippen LogP contribution >= 0.6 is 0 Å². The molecule has 1 N–H and O–H groups in total. The standard InChI is InChI=1S/C6H11NO/c1-6-2-5(3-8-6)7-4-6/h5,7H,2-4H2,1H3/t5-,6-/m1/s1. The van der Waals surface area contributed by atoms with Gasteiger partial charge in [0.2, 0.25) is 0 Å². The van der Waals surface area contributed by atoms with Gasteiger partial charge in [0.25, 0.3) is 0 Å². The minimum absolute atomic E-state index is 0.199. The van der Waals surface area contributed by atoms with E-state index in [0.29, 0.717) is 6.04 Å². The molecule has 0 radical (unpaired) electrons. The van der Waals surface area contributed by atoms with Crippen LogP contribution in [0.2, 0.25) is 0 Å². The number of rotatable bonds is 0. The largest absolute Gasteiger partial charge is 0.372 e. The van der Waals surface area contributed by atoms with E-state index in [-0.39, 0.29) is 5.60 Å². The van der Waals surface area contributed by atoms with Crippen molar-refractivity contribution >= 4 is 0 Å². The van der Waals surface area contributed by atoms with Crippen molar-refractivity contribution in [3.05, 3.63) is 0 Å². The Balaban J connectivity index is 2.19. The Morgan fingerprint density at radius 2 is 2.62 bits per heavy atom. The summed E-state index contributed by atoms with van der Waals surface area (Å²) in [5.41, 5.74) is 0.199. The molecule has 2 atom stereocenters. The van der Waals surface area contributed by atoms with Crippen LogP contribution in [-0.4, -0.2) is 24.8 Å². The summed E-state index contributed by atoms with van der Waals surface area (Å²) in [5.74, 6) is 0. The Labute approximate surface area is 49.2 Å². The third-order valence-electron chi connectivity index (χ3n) is 2.08. The fraction of sp³-hybridized carbons (Fsp3) is 1.00. The van der Waals surface area contributed by atoms with Crippen molar-refractivity contribution in [2.75, 3.05) is 13.2 Å². The van der Waals surface area contributed by atoms with Gasteiger partial charge in [-0.05, 0) is 13.3 Å². The van der Waals surface area contributed by atoms with E-state index in [0.717, 1.165) is 13.2 Å². The highest BCUT2D eigenvalue weighted by Crippen LogP contribution is 2.29. The quantitative estimate of drug-likeness (QED) is 0.482. The smallest absolute Gasteiger partial charge is 0.0794 e. The van der Waals surface area contributed by atoms with E-state index in [2.05, 4.69) is 12.2 Å². The maximum atomic E-state index is 5.48. The lowest BCUT2D eigenvalue weighted by atomic mass is 10.1. The predicted octanol–water partition coefficient (Wildman–Crippen LogP) is 0.137. The Bertz CT molecular complexity index is 105. The lowest BCUT2D eigenvalue weighted by molar-refractivity contribution is 0.00903. The molecule has 0 aromatic carbocycles. The highest BCUT2D eigenvalue weighted by atomic mass is 16.5. The first-order chi connectivity index (χ1) is 3.79. The van der Waals surface area contributed by atoms with Crippen LogP contribution in [0.4, 0.5) is 0 Å². The molecular formula is C6H11NO. The van der Waals surface area contributed by atoms with Gasteiger partial charge in [-0.25, -0.2) is 0 Å². The molecule has 2 nitrogen and oxygen atoms in total. The van der Waals surface area contributed by atoms with Crippen LogP contribution in [0.25, 0.3) is 0 Å². The van der Waals surface area contributed by atoms with Crippen LogP contribution in [0, 0.1) is 0 Å². The van der Waals surface area contributed by atoms with Crippen molar-refractivity contribution in [1.29, 1.82) is 0 Å². The molecule has 2 rings (SSSR count). The minimum atomic E-state index is 0.199. The third kappa shape index (κ3) is 0.501. The molecule has 0 saturated carbocycles. The van der Waals surface area contributed by atoms with E-state index in [1.807, 2.05) is 0 Å². The first-order valence-electron chi connectivity index (χ1n) is 3.16. The van der Waals surface area contributed by atoms with Gasteiger partial charge in [0.05, 0.1) is 12.2 Å². The molecule has 8 heavy (non-hydrogen) atoms. The number of hydrogen-bond donors (Lipinski definition) is 1. The summed E-state index contributed by atoms with van der Waals surface area (Å²) in [6, 6.07) is 0.667. The fourth-order valence-electron chi connectivity index (χ4n) is 1.56. The van der Waals surface area contributed by atoms with Gasteiger partial charge in [-0.15, -0.1) is 0 Å². The highest BCUT2D eigenvalue weighted by molar-refractivity contribution is 4.97. The first-order valence-corrected chi connectivity index (χ1v) is 3.16. The topological polar surface area (TPSA) is 21.3 Å². The molecule has 2 fully saturated rings. The van der Waals surface area contributed by atoms with Crippen molar-refractivity contribution in [1.82, 2.24) is 5.32 Å². The lowest BCUT2D eigenvalue weighted by Gasteiger charge is -2.20. The zero-order chi connectivity index (χ0) is 5.61. The van der Waals surface area contributed by atoms with Gasteiger partial charge in [-0.3, -0.25) is 0 Å². The van der Waals surface area contributed by atoms with Gasteiger partial charge < -0.3 is 10.1 Å². The van der Waals surface area contributed by atoms with E-state index < -0.39 is 0 Å². The SMILES string of the molecule is C[C@@]12CN[C@@H](CO1)C2. The van der Waals surface area contributed by atoms with E-state index in [1.165, 1.54) is 6.42 Å². The number of hydrogen-bond acceptors (Lipinski definition) is 2. The molecule has 0 unspecified atom stereocenters. The molecule has 2 saturated heterocycles. The van der Waals surface area contributed by atoms with Gasteiger partial charge in [0, 0.05) is 12.6 Å². The van der Waals surface area contributed by atoms with Crippen LogP contribution in [0.1, 0.15) is 13.3 Å². The number of morpholine rings is 1. The Morgan fingerprint density at radius 3 is 2.75 bits per heavy atom. The Morgan fingerprint density at radius 1 is 1.75 bits per heavy atom. The van der Waals surface area contributed by atoms with Crippen molar-refractivity contribution in [3.63, 3.8) is 0 Å². The molecule has 2 bridgehead atoms. The number of nitrogens with one attached hydrogen (secondary N) is 1. The monoisotopic (exact) mass is 113 g/mol. The van der Waals surface area contributed by atoms with Crippen molar-refractivity contribution in [2.24, 2.45) is 0 Å². The number of ether oxygens (including phenoxy) is 1. The summed E-state index contributed by atoms with van der Waals surface area (Å²) >= 11 is 0. The number of fused-ring (bicyclic) bond motifs is 2. The summed E-state index contributed by atoms with van der Waals surface area (Å²) < 4.78 is 5.48. The molecule has 0 aromatic rings. The van der Waals surface area contributed by atoms with E-state index >= 15 is 0 Å². The zero-order valence-electron chi connectivity index (χ0n) is 5.11. The van der Waals surface area contributed by atoms with Crippen LogP contribution in [0.5, 0.6) is 0 Å².